The Morgan fingerprint density at radius 2 is 2.00 bits per heavy atom. The van der Waals surface area contributed by atoms with Crippen molar-refractivity contribution in [1.82, 2.24) is 0 Å². The van der Waals surface area contributed by atoms with Crippen LogP contribution in [0.1, 0.15) is 34.1 Å². The second-order valence-corrected chi connectivity index (χ2v) is 3.98. The third-order valence-electron chi connectivity index (χ3n) is 2.44. The van der Waals surface area contributed by atoms with Gasteiger partial charge in [0.2, 0.25) is 0 Å². The lowest BCUT2D eigenvalue weighted by molar-refractivity contribution is 0.583. The fraction of sp³-hybridized carbons (Fsp3) is 0.800. The van der Waals surface area contributed by atoms with Crippen LogP contribution < -0.4 is 0 Å². The van der Waals surface area contributed by atoms with E-state index in [1.54, 1.807) is 0 Å². The first-order valence-electron chi connectivity index (χ1n) is 4.26. The number of rotatable bonds is 2. The van der Waals surface area contributed by atoms with Crippen LogP contribution in [0.25, 0.3) is 0 Å². The van der Waals surface area contributed by atoms with Crippen LogP contribution in [0, 0.1) is 17.8 Å². The van der Waals surface area contributed by atoms with Crippen LogP contribution in [0.4, 0.5) is 0 Å². The Bertz CT molecular complexity index is 140. The van der Waals surface area contributed by atoms with Gasteiger partial charge in [-0.25, -0.2) is 0 Å². The largest absolute Gasteiger partial charge is 0.0828 e. The Labute approximate surface area is 64.3 Å². The monoisotopic (exact) mass is 138 g/mol. The summed E-state index contributed by atoms with van der Waals surface area (Å²) in [6.07, 6.45) is 3.85. The lowest BCUT2D eigenvalue weighted by atomic mass is 10.0. The minimum atomic E-state index is 0.819. The molecule has 10 heavy (non-hydrogen) atoms. The topological polar surface area (TPSA) is 0 Å². The molecule has 1 saturated carbocycles. The van der Waals surface area contributed by atoms with Crippen LogP contribution in [0.3, 0.4) is 0 Å². The molecule has 1 aliphatic carbocycles. The molecule has 0 bridgehead atoms. The third-order valence-corrected chi connectivity index (χ3v) is 2.44. The Balaban J connectivity index is 2.36. The van der Waals surface area contributed by atoms with E-state index in [2.05, 4.69) is 33.8 Å². The molecule has 0 nitrogen and oxygen atoms in total. The molecule has 0 aromatic heterocycles. The molecular formula is C10H18. The maximum Gasteiger partial charge on any atom is -0.0228 e. The van der Waals surface area contributed by atoms with E-state index in [0.717, 1.165) is 17.8 Å². The van der Waals surface area contributed by atoms with Gasteiger partial charge in [-0.3, -0.25) is 0 Å². The van der Waals surface area contributed by atoms with Crippen LogP contribution >= 0.6 is 0 Å². The minimum absolute atomic E-state index is 0.819. The Morgan fingerprint density at radius 3 is 2.30 bits per heavy atom. The van der Waals surface area contributed by atoms with Gasteiger partial charge >= 0.3 is 0 Å². The zero-order valence-electron chi connectivity index (χ0n) is 7.52. The lowest BCUT2D eigenvalue weighted by Gasteiger charge is -2.03. The predicted octanol–water partition coefficient (Wildman–Crippen LogP) is 3.24. The van der Waals surface area contributed by atoms with Crippen molar-refractivity contribution in [2.45, 2.75) is 34.1 Å². The average Bonchev–Trinajstić information content (AvgIpc) is 2.44. The molecule has 0 aliphatic heterocycles. The molecule has 0 aromatic rings. The summed E-state index contributed by atoms with van der Waals surface area (Å²) in [4.78, 5) is 0. The molecule has 0 radical (unpaired) electrons. The normalized spacial score (nSPS) is 33.2. The van der Waals surface area contributed by atoms with E-state index in [-0.39, 0.29) is 0 Å². The summed E-state index contributed by atoms with van der Waals surface area (Å²) >= 11 is 0. The van der Waals surface area contributed by atoms with E-state index in [1.807, 2.05) is 0 Å². The van der Waals surface area contributed by atoms with Gasteiger partial charge in [-0.05, 0) is 38.0 Å². The van der Waals surface area contributed by atoms with Gasteiger partial charge < -0.3 is 0 Å². The van der Waals surface area contributed by atoms with Gasteiger partial charge in [0, 0.05) is 0 Å². The molecule has 0 spiro atoms. The van der Waals surface area contributed by atoms with E-state index in [1.165, 1.54) is 12.0 Å². The maximum absolute atomic E-state index is 2.40. The number of hydrogen-bond acceptors (Lipinski definition) is 0. The van der Waals surface area contributed by atoms with Gasteiger partial charge in [0.05, 0.1) is 0 Å². The molecule has 0 saturated heterocycles. The number of hydrogen-bond donors (Lipinski definition) is 0. The average molecular weight is 138 g/mol. The summed E-state index contributed by atoms with van der Waals surface area (Å²) in [6, 6.07) is 0. The fourth-order valence-corrected chi connectivity index (χ4v) is 1.73. The predicted molar refractivity (Wildman–Crippen MR) is 45.9 cm³/mol. The molecule has 0 amide bonds. The quantitative estimate of drug-likeness (QED) is 0.514. The van der Waals surface area contributed by atoms with Crippen LogP contribution in [0.5, 0.6) is 0 Å². The Hall–Kier alpha value is -0.260. The van der Waals surface area contributed by atoms with Crippen LogP contribution in [-0.4, -0.2) is 0 Å². The SMILES string of the molecule is CC(C)=CC(C)C1CC1C. The van der Waals surface area contributed by atoms with Crippen molar-refractivity contribution in [2.75, 3.05) is 0 Å². The summed E-state index contributed by atoms with van der Waals surface area (Å²) in [7, 11) is 0. The van der Waals surface area contributed by atoms with Crippen molar-refractivity contribution in [3.63, 3.8) is 0 Å². The van der Waals surface area contributed by atoms with E-state index >= 15 is 0 Å². The highest BCUT2D eigenvalue weighted by Gasteiger charge is 2.35. The molecule has 3 unspecified atom stereocenters. The molecule has 1 fully saturated rings. The first kappa shape index (κ1) is 7.84. The zero-order chi connectivity index (χ0) is 7.72. The van der Waals surface area contributed by atoms with Crippen molar-refractivity contribution in [1.29, 1.82) is 0 Å². The molecule has 1 aliphatic rings. The highest BCUT2D eigenvalue weighted by molar-refractivity contribution is 5.02. The summed E-state index contributed by atoms with van der Waals surface area (Å²) in [6.45, 7) is 9.05. The third kappa shape index (κ3) is 1.86. The highest BCUT2D eigenvalue weighted by Crippen LogP contribution is 2.44. The smallest absolute Gasteiger partial charge is 0.0228 e. The van der Waals surface area contributed by atoms with Crippen molar-refractivity contribution in [2.24, 2.45) is 17.8 Å². The molecule has 0 aromatic carbocycles. The molecular weight excluding hydrogens is 120 g/mol. The van der Waals surface area contributed by atoms with Crippen LogP contribution in [0.2, 0.25) is 0 Å². The minimum Gasteiger partial charge on any atom is -0.0828 e. The summed E-state index contributed by atoms with van der Waals surface area (Å²) in [5.41, 5.74) is 1.46. The van der Waals surface area contributed by atoms with Crippen molar-refractivity contribution < 1.29 is 0 Å². The van der Waals surface area contributed by atoms with Gasteiger partial charge in [0.1, 0.15) is 0 Å². The molecule has 0 heterocycles. The first-order valence-corrected chi connectivity index (χ1v) is 4.26. The van der Waals surface area contributed by atoms with E-state index in [0.29, 0.717) is 0 Å². The molecule has 58 valence electrons. The standard InChI is InChI=1S/C10H18/c1-7(2)5-8(3)10-6-9(10)4/h5,8-10H,6H2,1-4H3. The summed E-state index contributed by atoms with van der Waals surface area (Å²) < 4.78 is 0. The lowest BCUT2D eigenvalue weighted by Crippen LogP contribution is -1.93. The van der Waals surface area contributed by atoms with E-state index < -0.39 is 0 Å². The second-order valence-electron chi connectivity index (χ2n) is 3.98. The van der Waals surface area contributed by atoms with Gasteiger partial charge in [-0.15, -0.1) is 0 Å². The van der Waals surface area contributed by atoms with Crippen molar-refractivity contribution in [3.8, 4) is 0 Å². The highest BCUT2D eigenvalue weighted by atomic mass is 14.4. The second kappa shape index (κ2) is 2.77. The molecule has 0 heteroatoms. The zero-order valence-corrected chi connectivity index (χ0v) is 7.52. The molecule has 0 N–H and O–H groups in total. The Morgan fingerprint density at radius 1 is 1.50 bits per heavy atom. The summed E-state index contributed by atoms with van der Waals surface area (Å²) in [5.74, 6) is 2.81. The van der Waals surface area contributed by atoms with Crippen molar-refractivity contribution in [3.05, 3.63) is 11.6 Å². The van der Waals surface area contributed by atoms with Crippen LogP contribution in [-0.2, 0) is 0 Å². The summed E-state index contributed by atoms with van der Waals surface area (Å²) in [5, 5.41) is 0. The van der Waals surface area contributed by atoms with Gasteiger partial charge in [0.15, 0.2) is 0 Å². The van der Waals surface area contributed by atoms with E-state index in [4.69, 9.17) is 0 Å². The fourth-order valence-electron chi connectivity index (χ4n) is 1.73. The number of allylic oxidation sites excluding steroid dienone is 2. The first-order chi connectivity index (χ1) is 4.61. The molecule has 1 rings (SSSR count). The maximum atomic E-state index is 2.40. The van der Waals surface area contributed by atoms with Crippen LogP contribution in [0.15, 0.2) is 11.6 Å². The van der Waals surface area contributed by atoms with Gasteiger partial charge in [-0.2, -0.15) is 0 Å². The Kier molecular flexibility index (Phi) is 2.18. The molecule has 3 atom stereocenters. The van der Waals surface area contributed by atoms with E-state index in [9.17, 15) is 0 Å². The van der Waals surface area contributed by atoms with Gasteiger partial charge in [0.25, 0.3) is 0 Å². The van der Waals surface area contributed by atoms with Gasteiger partial charge in [-0.1, -0.05) is 25.5 Å². The van der Waals surface area contributed by atoms with Crippen molar-refractivity contribution >= 4 is 0 Å².